The Bertz CT molecular complexity index is 1010. The minimum absolute atomic E-state index is 0.0894. The average Bonchev–Trinajstić information content (AvgIpc) is 3.08. The van der Waals surface area contributed by atoms with Crippen molar-refractivity contribution in [3.63, 3.8) is 0 Å². The van der Waals surface area contributed by atoms with E-state index in [9.17, 15) is 14.4 Å². The summed E-state index contributed by atoms with van der Waals surface area (Å²) in [4.78, 5) is 42.6. The van der Waals surface area contributed by atoms with Gasteiger partial charge in [0.15, 0.2) is 5.78 Å². The van der Waals surface area contributed by atoms with E-state index in [1.165, 1.54) is 4.90 Å². The molecular weight excluding hydrogens is 352 g/mol. The van der Waals surface area contributed by atoms with Gasteiger partial charge in [-0.15, -0.1) is 0 Å². The standard InChI is InChI=1S/C23H20N2O3/c1-14-7-5-6-8-15(14)13-24-17-11-12-18(26)21(24)20-19(17)22(27)25(23(20)28)16-9-3-2-4-10-16/h2-12,17,19-21H,13H2,1H3. The van der Waals surface area contributed by atoms with Gasteiger partial charge >= 0.3 is 0 Å². The number of fused-ring (bicyclic) bond motifs is 5. The van der Waals surface area contributed by atoms with Crippen LogP contribution in [-0.2, 0) is 20.9 Å². The minimum atomic E-state index is -0.621. The summed E-state index contributed by atoms with van der Waals surface area (Å²) in [5.74, 6) is -1.69. The molecule has 5 heteroatoms. The SMILES string of the molecule is Cc1ccccc1CN1C2C=CC(=O)C1C1C(=O)N(c3ccccc3)C(=O)C12. The highest BCUT2D eigenvalue weighted by atomic mass is 16.2. The Morgan fingerprint density at radius 3 is 2.29 bits per heavy atom. The number of imide groups is 1. The molecule has 4 unspecified atom stereocenters. The lowest BCUT2D eigenvalue weighted by Crippen LogP contribution is -2.48. The Hall–Kier alpha value is -3.05. The Morgan fingerprint density at radius 2 is 1.54 bits per heavy atom. The average molecular weight is 372 g/mol. The monoisotopic (exact) mass is 372 g/mol. The van der Waals surface area contributed by atoms with Crippen molar-refractivity contribution in [2.24, 2.45) is 11.8 Å². The van der Waals surface area contributed by atoms with E-state index in [2.05, 4.69) is 0 Å². The Labute approximate surface area is 163 Å². The molecule has 5 nitrogen and oxygen atoms in total. The highest BCUT2D eigenvalue weighted by Crippen LogP contribution is 2.47. The van der Waals surface area contributed by atoms with E-state index >= 15 is 0 Å². The summed E-state index contributed by atoms with van der Waals surface area (Å²) in [6.07, 6.45) is 3.36. The third-order valence-electron chi connectivity index (χ3n) is 6.22. The number of ketones is 1. The van der Waals surface area contributed by atoms with Gasteiger partial charge < -0.3 is 0 Å². The molecule has 3 heterocycles. The molecule has 2 bridgehead atoms. The molecular formula is C23H20N2O3. The fourth-order valence-corrected chi connectivity index (χ4v) is 4.88. The molecule has 0 aromatic heterocycles. The fraction of sp³-hybridized carbons (Fsp3) is 0.261. The van der Waals surface area contributed by atoms with Gasteiger partial charge in [0, 0.05) is 12.6 Å². The van der Waals surface area contributed by atoms with Crippen LogP contribution >= 0.6 is 0 Å². The summed E-state index contributed by atoms with van der Waals surface area (Å²) in [6.45, 7) is 2.59. The lowest BCUT2D eigenvalue weighted by Gasteiger charge is -2.33. The first-order valence-electron chi connectivity index (χ1n) is 9.53. The highest BCUT2D eigenvalue weighted by Gasteiger charge is 2.64. The van der Waals surface area contributed by atoms with Crippen molar-refractivity contribution in [1.29, 1.82) is 0 Å². The van der Waals surface area contributed by atoms with E-state index in [-0.39, 0.29) is 23.6 Å². The summed E-state index contributed by atoms with van der Waals surface area (Å²) in [5, 5.41) is 0. The second kappa shape index (κ2) is 6.24. The van der Waals surface area contributed by atoms with E-state index in [1.807, 2.05) is 42.2 Å². The summed E-state index contributed by atoms with van der Waals surface area (Å²) < 4.78 is 0. The van der Waals surface area contributed by atoms with Gasteiger partial charge in [-0.2, -0.15) is 0 Å². The number of rotatable bonds is 3. The number of amides is 2. The first-order chi connectivity index (χ1) is 13.6. The molecule has 140 valence electrons. The van der Waals surface area contributed by atoms with Crippen LogP contribution in [0.25, 0.3) is 0 Å². The summed E-state index contributed by atoms with van der Waals surface area (Å²) in [6, 6.07) is 16.2. The number of carbonyl (C=O) groups is 3. The van der Waals surface area contributed by atoms with Crippen LogP contribution in [-0.4, -0.2) is 34.6 Å². The van der Waals surface area contributed by atoms with Crippen molar-refractivity contribution in [3.05, 3.63) is 77.9 Å². The zero-order chi connectivity index (χ0) is 19.4. The zero-order valence-electron chi connectivity index (χ0n) is 15.5. The van der Waals surface area contributed by atoms with Crippen LogP contribution in [0.2, 0.25) is 0 Å². The predicted molar refractivity (Wildman–Crippen MR) is 104 cm³/mol. The van der Waals surface area contributed by atoms with Crippen LogP contribution in [0.1, 0.15) is 11.1 Å². The lowest BCUT2D eigenvalue weighted by atomic mass is 9.90. The molecule has 3 aliphatic rings. The number of nitrogens with zero attached hydrogens (tertiary/aromatic N) is 2. The van der Waals surface area contributed by atoms with E-state index in [0.717, 1.165) is 11.1 Å². The van der Waals surface area contributed by atoms with Crippen LogP contribution < -0.4 is 4.90 Å². The number of aryl methyl sites for hydroxylation is 1. The molecule has 0 aliphatic carbocycles. The molecule has 0 saturated carbocycles. The third-order valence-corrected chi connectivity index (χ3v) is 6.22. The van der Waals surface area contributed by atoms with Crippen LogP contribution in [0, 0.1) is 18.8 Å². The normalized spacial score (nSPS) is 28.9. The zero-order valence-corrected chi connectivity index (χ0v) is 15.5. The summed E-state index contributed by atoms with van der Waals surface area (Å²) in [7, 11) is 0. The smallest absolute Gasteiger partial charge is 0.239 e. The maximum absolute atomic E-state index is 13.2. The van der Waals surface area contributed by atoms with Crippen LogP contribution in [0.5, 0.6) is 0 Å². The predicted octanol–water partition coefficient (Wildman–Crippen LogP) is 2.49. The number of hydrogen-bond donors (Lipinski definition) is 0. The lowest BCUT2D eigenvalue weighted by molar-refractivity contribution is -0.129. The molecule has 5 rings (SSSR count). The molecule has 2 fully saturated rings. The molecule has 2 saturated heterocycles. The van der Waals surface area contributed by atoms with Crippen molar-refractivity contribution in [3.8, 4) is 0 Å². The second-order valence-corrected chi connectivity index (χ2v) is 7.69. The maximum Gasteiger partial charge on any atom is 0.239 e. The van der Waals surface area contributed by atoms with E-state index < -0.39 is 17.9 Å². The molecule has 4 atom stereocenters. The number of benzene rings is 2. The molecule has 2 aromatic carbocycles. The first kappa shape index (κ1) is 17.1. The Morgan fingerprint density at radius 1 is 0.857 bits per heavy atom. The molecule has 28 heavy (non-hydrogen) atoms. The first-order valence-corrected chi connectivity index (χ1v) is 9.53. The van der Waals surface area contributed by atoms with E-state index in [4.69, 9.17) is 0 Å². The number of anilines is 1. The van der Waals surface area contributed by atoms with Crippen molar-refractivity contribution in [2.45, 2.75) is 25.6 Å². The van der Waals surface area contributed by atoms with Gasteiger partial charge in [-0.3, -0.25) is 19.3 Å². The van der Waals surface area contributed by atoms with Gasteiger partial charge in [0.1, 0.15) is 0 Å². The van der Waals surface area contributed by atoms with Gasteiger partial charge in [-0.05, 0) is 36.3 Å². The quantitative estimate of drug-likeness (QED) is 0.777. The van der Waals surface area contributed by atoms with Gasteiger partial charge in [0.05, 0.1) is 23.6 Å². The van der Waals surface area contributed by atoms with Gasteiger partial charge in [-0.25, -0.2) is 4.90 Å². The largest absolute Gasteiger partial charge is 0.293 e. The third kappa shape index (κ3) is 2.33. The van der Waals surface area contributed by atoms with Gasteiger partial charge in [0.2, 0.25) is 11.8 Å². The molecule has 0 N–H and O–H groups in total. The van der Waals surface area contributed by atoms with Crippen molar-refractivity contribution >= 4 is 23.3 Å². The molecule has 0 spiro atoms. The van der Waals surface area contributed by atoms with Gasteiger partial charge in [-0.1, -0.05) is 48.5 Å². The molecule has 0 radical (unpaired) electrons. The van der Waals surface area contributed by atoms with Crippen LogP contribution in [0.15, 0.2) is 66.7 Å². The molecule has 3 aliphatic heterocycles. The maximum atomic E-state index is 13.2. The van der Waals surface area contributed by atoms with E-state index in [1.54, 1.807) is 36.4 Å². The van der Waals surface area contributed by atoms with Crippen LogP contribution in [0.3, 0.4) is 0 Å². The van der Waals surface area contributed by atoms with Crippen molar-refractivity contribution in [1.82, 2.24) is 4.90 Å². The number of para-hydroxylation sites is 1. The van der Waals surface area contributed by atoms with Gasteiger partial charge in [0.25, 0.3) is 0 Å². The highest BCUT2D eigenvalue weighted by molar-refractivity contribution is 6.24. The Balaban J connectivity index is 1.53. The molecule has 2 amide bonds. The topological polar surface area (TPSA) is 57.7 Å². The number of hydrogen-bond acceptors (Lipinski definition) is 4. The molecule has 2 aromatic rings. The van der Waals surface area contributed by atoms with Crippen molar-refractivity contribution in [2.75, 3.05) is 4.90 Å². The summed E-state index contributed by atoms with van der Waals surface area (Å²) >= 11 is 0. The van der Waals surface area contributed by atoms with Crippen molar-refractivity contribution < 1.29 is 14.4 Å². The Kier molecular flexibility index (Phi) is 3.81. The second-order valence-electron chi connectivity index (χ2n) is 7.69. The number of carbonyl (C=O) groups excluding carboxylic acids is 3. The summed E-state index contributed by atoms with van der Waals surface area (Å²) in [5.41, 5.74) is 2.82. The fourth-order valence-electron chi connectivity index (χ4n) is 4.88. The minimum Gasteiger partial charge on any atom is -0.293 e. The van der Waals surface area contributed by atoms with Crippen LogP contribution in [0.4, 0.5) is 5.69 Å². The van der Waals surface area contributed by atoms with E-state index in [0.29, 0.717) is 12.2 Å².